The van der Waals surface area contributed by atoms with Crippen molar-refractivity contribution >= 4 is 11.6 Å². The molecule has 1 unspecified atom stereocenters. The third kappa shape index (κ3) is 2.93. The Morgan fingerprint density at radius 3 is 2.90 bits per heavy atom. The summed E-state index contributed by atoms with van der Waals surface area (Å²) >= 11 is 0. The second-order valence-electron chi connectivity index (χ2n) is 5.82. The molecule has 2 fully saturated rings. The minimum absolute atomic E-state index is 0.188. The molecule has 4 nitrogen and oxygen atoms in total. The van der Waals surface area contributed by atoms with Gasteiger partial charge >= 0.3 is 0 Å². The van der Waals surface area contributed by atoms with Gasteiger partial charge in [0.1, 0.15) is 5.82 Å². The van der Waals surface area contributed by atoms with Crippen molar-refractivity contribution in [1.82, 2.24) is 10.2 Å². The summed E-state index contributed by atoms with van der Waals surface area (Å²) in [7, 11) is 0. The van der Waals surface area contributed by atoms with Crippen LogP contribution >= 0.6 is 0 Å². The van der Waals surface area contributed by atoms with Gasteiger partial charge in [-0.15, -0.1) is 0 Å². The summed E-state index contributed by atoms with van der Waals surface area (Å²) in [5, 5.41) is 2.91. The lowest BCUT2D eigenvalue weighted by molar-refractivity contribution is 0.0948. The summed E-state index contributed by atoms with van der Waals surface area (Å²) in [5.41, 5.74) is 6.21. The molecular weight excluding hydrogens is 257 g/mol. The number of amides is 1. The quantitative estimate of drug-likeness (QED) is 0.822. The van der Waals surface area contributed by atoms with Crippen LogP contribution < -0.4 is 11.1 Å². The van der Waals surface area contributed by atoms with Crippen LogP contribution in [0.2, 0.25) is 0 Å². The van der Waals surface area contributed by atoms with Crippen LogP contribution in [0.5, 0.6) is 0 Å². The van der Waals surface area contributed by atoms with Crippen LogP contribution in [-0.4, -0.2) is 36.5 Å². The molecule has 1 aromatic carbocycles. The van der Waals surface area contributed by atoms with Gasteiger partial charge in [-0.1, -0.05) is 0 Å². The third-order valence-corrected chi connectivity index (χ3v) is 4.19. The molecule has 0 bridgehead atoms. The molecule has 1 aliphatic carbocycles. The maximum absolute atomic E-state index is 12.9. The molecule has 108 valence electrons. The molecule has 1 aromatic rings. The Kier molecular flexibility index (Phi) is 3.61. The lowest BCUT2D eigenvalue weighted by Crippen LogP contribution is -2.31. The third-order valence-electron chi connectivity index (χ3n) is 4.19. The number of nitrogens with two attached hydrogens (primary N) is 1. The second kappa shape index (κ2) is 5.40. The van der Waals surface area contributed by atoms with E-state index in [9.17, 15) is 9.18 Å². The standard InChI is InChI=1S/C15H20FN3O/c16-11-1-4-13(14(17)7-11)15(20)18-8-10-5-6-19(9-10)12-2-3-12/h1,4,7,10,12H,2-3,5-6,8-9,17H2,(H,18,20). The number of halogens is 1. The van der Waals surface area contributed by atoms with Crippen LogP contribution in [0, 0.1) is 11.7 Å². The van der Waals surface area contributed by atoms with Gasteiger partial charge in [0.05, 0.1) is 5.56 Å². The normalized spacial score (nSPS) is 22.9. The van der Waals surface area contributed by atoms with Crippen LogP contribution in [0.25, 0.3) is 0 Å². The number of nitrogens with zero attached hydrogens (tertiary/aromatic N) is 1. The highest BCUT2D eigenvalue weighted by Crippen LogP contribution is 2.31. The first-order valence-corrected chi connectivity index (χ1v) is 7.21. The Bertz CT molecular complexity index is 516. The fourth-order valence-corrected chi connectivity index (χ4v) is 2.87. The smallest absolute Gasteiger partial charge is 0.253 e. The van der Waals surface area contributed by atoms with E-state index in [2.05, 4.69) is 10.2 Å². The minimum atomic E-state index is -0.421. The van der Waals surface area contributed by atoms with Crippen molar-refractivity contribution in [2.75, 3.05) is 25.4 Å². The largest absolute Gasteiger partial charge is 0.398 e. The summed E-state index contributed by atoms with van der Waals surface area (Å²) < 4.78 is 12.9. The van der Waals surface area contributed by atoms with E-state index >= 15 is 0 Å². The van der Waals surface area contributed by atoms with Crippen molar-refractivity contribution < 1.29 is 9.18 Å². The summed E-state index contributed by atoms with van der Waals surface area (Å²) in [5.74, 6) is -0.122. The average Bonchev–Trinajstić information content (AvgIpc) is 3.15. The van der Waals surface area contributed by atoms with Crippen LogP contribution in [0.4, 0.5) is 10.1 Å². The van der Waals surface area contributed by atoms with Gasteiger partial charge in [0.15, 0.2) is 0 Å². The zero-order valence-electron chi connectivity index (χ0n) is 11.4. The molecule has 1 heterocycles. The second-order valence-corrected chi connectivity index (χ2v) is 5.82. The van der Waals surface area contributed by atoms with Crippen LogP contribution in [0.1, 0.15) is 29.6 Å². The number of nitrogen functional groups attached to an aromatic ring is 1. The molecule has 1 amide bonds. The molecular formula is C15H20FN3O. The molecule has 0 aromatic heterocycles. The number of likely N-dealkylation sites (tertiary alicyclic amines) is 1. The van der Waals surface area contributed by atoms with Crippen molar-refractivity contribution in [1.29, 1.82) is 0 Å². The Morgan fingerprint density at radius 1 is 1.40 bits per heavy atom. The Balaban J connectivity index is 1.51. The molecule has 20 heavy (non-hydrogen) atoms. The van der Waals surface area contributed by atoms with Gasteiger partial charge in [-0.2, -0.15) is 0 Å². The number of rotatable bonds is 4. The van der Waals surface area contributed by atoms with E-state index in [1.807, 2.05) is 0 Å². The number of hydrogen-bond acceptors (Lipinski definition) is 3. The van der Waals surface area contributed by atoms with Crippen LogP contribution in [-0.2, 0) is 0 Å². The van der Waals surface area contributed by atoms with Gasteiger partial charge < -0.3 is 16.0 Å². The fourth-order valence-electron chi connectivity index (χ4n) is 2.87. The number of hydrogen-bond donors (Lipinski definition) is 2. The lowest BCUT2D eigenvalue weighted by Gasteiger charge is -2.15. The van der Waals surface area contributed by atoms with E-state index in [0.29, 0.717) is 18.0 Å². The van der Waals surface area contributed by atoms with Crippen molar-refractivity contribution in [3.63, 3.8) is 0 Å². The molecule has 0 radical (unpaired) electrons. The lowest BCUT2D eigenvalue weighted by atomic mass is 10.1. The Labute approximate surface area is 118 Å². The highest BCUT2D eigenvalue weighted by Gasteiger charge is 2.34. The van der Waals surface area contributed by atoms with Gasteiger partial charge in [-0.25, -0.2) is 4.39 Å². The number of carbonyl (C=O) groups excluding carboxylic acids is 1. The maximum atomic E-state index is 12.9. The minimum Gasteiger partial charge on any atom is -0.398 e. The van der Waals surface area contributed by atoms with Crippen molar-refractivity contribution in [3.8, 4) is 0 Å². The molecule has 1 aliphatic heterocycles. The predicted octanol–water partition coefficient (Wildman–Crippen LogP) is 1.62. The van der Waals surface area contributed by atoms with E-state index in [1.54, 1.807) is 0 Å². The zero-order chi connectivity index (χ0) is 14.1. The van der Waals surface area contributed by atoms with E-state index in [1.165, 1.54) is 31.0 Å². The van der Waals surface area contributed by atoms with Gasteiger partial charge in [-0.3, -0.25) is 4.79 Å². The monoisotopic (exact) mass is 277 g/mol. The molecule has 5 heteroatoms. The Morgan fingerprint density at radius 2 is 2.20 bits per heavy atom. The molecule has 1 saturated carbocycles. The molecule has 3 N–H and O–H groups in total. The molecule has 1 atom stereocenters. The molecule has 0 spiro atoms. The highest BCUT2D eigenvalue weighted by molar-refractivity contribution is 5.99. The first kappa shape index (κ1) is 13.4. The van der Waals surface area contributed by atoms with E-state index in [0.717, 1.165) is 25.6 Å². The van der Waals surface area contributed by atoms with Gasteiger partial charge in [-0.05, 0) is 49.9 Å². The molecule has 2 aliphatic rings. The fraction of sp³-hybridized carbons (Fsp3) is 0.533. The Hall–Kier alpha value is -1.62. The van der Waals surface area contributed by atoms with Gasteiger partial charge in [0, 0.05) is 24.8 Å². The number of anilines is 1. The van der Waals surface area contributed by atoms with Gasteiger partial charge in [0.2, 0.25) is 0 Å². The molecule has 1 saturated heterocycles. The topological polar surface area (TPSA) is 58.4 Å². The van der Waals surface area contributed by atoms with Crippen LogP contribution in [0.3, 0.4) is 0 Å². The first-order valence-electron chi connectivity index (χ1n) is 7.21. The maximum Gasteiger partial charge on any atom is 0.253 e. The summed E-state index contributed by atoms with van der Waals surface area (Å²) in [6, 6.07) is 4.67. The van der Waals surface area contributed by atoms with Crippen molar-refractivity contribution in [2.45, 2.75) is 25.3 Å². The first-order chi connectivity index (χ1) is 9.63. The summed E-state index contributed by atoms with van der Waals surface area (Å²) in [6.45, 7) is 2.88. The number of carbonyl (C=O) groups is 1. The SMILES string of the molecule is Nc1cc(F)ccc1C(=O)NCC1CCN(C2CC2)C1. The van der Waals surface area contributed by atoms with E-state index < -0.39 is 5.82 Å². The highest BCUT2D eigenvalue weighted by atomic mass is 19.1. The van der Waals surface area contributed by atoms with Crippen molar-refractivity contribution in [2.24, 2.45) is 5.92 Å². The zero-order valence-corrected chi connectivity index (χ0v) is 11.4. The number of nitrogens with one attached hydrogen (secondary N) is 1. The summed E-state index contributed by atoms with van der Waals surface area (Å²) in [6.07, 6.45) is 3.78. The number of benzene rings is 1. The average molecular weight is 277 g/mol. The van der Waals surface area contributed by atoms with Crippen molar-refractivity contribution in [3.05, 3.63) is 29.6 Å². The predicted molar refractivity (Wildman–Crippen MR) is 75.8 cm³/mol. The summed E-state index contributed by atoms with van der Waals surface area (Å²) in [4.78, 5) is 14.6. The van der Waals surface area contributed by atoms with E-state index in [-0.39, 0.29) is 11.6 Å². The van der Waals surface area contributed by atoms with E-state index in [4.69, 9.17) is 5.73 Å². The molecule has 3 rings (SSSR count). The van der Waals surface area contributed by atoms with Crippen LogP contribution in [0.15, 0.2) is 18.2 Å². The van der Waals surface area contributed by atoms with Gasteiger partial charge in [0.25, 0.3) is 5.91 Å².